The molecule has 1 N–H and O–H groups in total. The lowest BCUT2D eigenvalue weighted by Crippen LogP contribution is -2.26. The van der Waals surface area contributed by atoms with Crippen molar-refractivity contribution in [3.05, 3.63) is 0 Å². The molecule has 0 aromatic rings. The van der Waals surface area contributed by atoms with E-state index in [1.807, 2.05) is 6.92 Å². The average molecular weight is 142 g/mol. The molecule has 0 saturated heterocycles. The SMILES string of the molecule is C/N=C(\C)CNCC(C)=O. The molecule has 3 nitrogen and oxygen atoms in total. The van der Waals surface area contributed by atoms with Gasteiger partial charge in [0.15, 0.2) is 0 Å². The molecule has 0 bridgehead atoms. The van der Waals surface area contributed by atoms with Gasteiger partial charge in [-0.25, -0.2) is 0 Å². The molecule has 0 spiro atoms. The molecule has 0 saturated carbocycles. The summed E-state index contributed by atoms with van der Waals surface area (Å²) in [6, 6.07) is 0. The zero-order valence-corrected chi connectivity index (χ0v) is 6.77. The molecule has 3 heteroatoms. The zero-order chi connectivity index (χ0) is 7.98. The Hall–Kier alpha value is -0.700. The van der Waals surface area contributed by atoms with Gasteiger partial charge in [0.05, 0.1) is 6.54 Å². The number of carbonyl (C=O) groups is 1. The summed E-state index contributed by atoms with van der Waals surface area (Å²) in [6.45, 7) is 4.63. The van der Waals surface area contributed by atoms with Gasteiger partial charge in [-0.05, 0) is 13.8 Å². The summed E-state index contributed by atoms with van der Waals surface area (Å²) in [5, 5.41) is 2.96. The van der Waals surface area contributed by atoms with Gasteiger partial charge in [-0.3, -0.25) is 9.79 Å². The first kappa shape index (κ1) is 9.30. The average Bonchev–Trinajstić information content (AvgIpc) is 1.87. The Morgan fingerprint density at radius 2 is 2.00 bits per heavy atom. The predicted molar refractivity (Wildman–Crippen MR) is 42.6 cm³/mol. The Kier molecular flexibility index (Phi) is 4.76. The third-order valence-electron chi connectivity index (χ3n) is 1.14. The van der Waals surface area contributed by atoms with Crippen LogP contribution in [0.3, 0.4) is 0 Å². The van der Waals surface area contributed by atoms with Gasteiger partial charge in [-0.1, -0.05) is 0 Å². The standard InChI is InChI=1S/C7H14N2O/c1-6(8-3)4-9-5-7(2)10/h9H,4-5H2,1-3H3/b8-6+. The number of rotatable bonds is 4. The van der Waals surface area contributed by atoms with Crippen LogP contribution in [0.2, 0.25) is 0 Å². The number of hydrogen-bond donors (Lipinski definition) is 1. The van der Waals surface area contributed by atoms with Gasteiger partial charge in [0, 0.05) is 19.3 Å². The molecule has 0 heterocycles. The van der Waals surface area contributed by atoms with E-state index < -0.39 is 0 Å². The van der Waals surface area contributed by atoms with E-state index in [-0.39, 0.29) is 5.78 Å². The van der Waals surface area contributed by atoms with Crippen molar-refractivity contribution in [3.63, 3.8) is 0 Å². The summed E-state index contributed by atoms with van der Waals surface area (Å²) in [7, 11) is 1.74. The Bertz CT molecular complexity index is 141. The maximum absolute atomic E-state index is 10.4. The van der Waals surface area contributed by atoms with Crippen LogP contribution in [0.4, 0.5) is 0 Å². The first-order chi connectivity index (χ1) is 4.66. The summed E-state index contributed by atoms with van der Waals surface area (Å²) < 4.78 is 0. The van der Waals surface area contributed by atoms with Crippen LogP contribution >= 0.6 is 0 Å². The first-order valence-corrected chi connectivity index (χ1v) is 3.29. The lowest BCUT2D eigenvalue weighted by atomic mass is 10.4. The lowest BCUT2D eigenvalue weighted by molar-refractivity contribution is -0.116. The molecule has 0 aliphatic heterocycles. The molecular weight excluding hydrogens is 128 g/mol. The van der Waals surface area contributed by atoms with Gasteiger partial charge in [0.1, 0.15) is 5.78 Å². The second-order valence-corrected chi connectivity index (χ2v) is 2.26. The highest BCUT2D eigenvalue weighted by molar-refractivity contribution is 5.84. The van der Waals surface area contributed by atoms with E-state index >= 15 is 0 Å². The molecular formula is C7H14N2O. The number of hydrogen-bond acceptors (Lipinski definition) is 3. The lowest BCUT2D eigenvalue weighted by Gasteiger charge is -1.99. The normalized spacial score (nSPS) is 11.7. The fraction of sp³-hybridized carbons (Fsp3) is 0.714. The minimum absolute atomic E-state index is 0.156. The summed E-state index contributed by atoms with van der Waals surface area (Å²) in [5.41, 5.74) is 1.02. The van der Waals surface area contributed by atoms with E-state index in [0.717, 1.165) is 5.71 Å². The summed E-state index contributed by atoms with van der Waals surface area (Å²) in [5.74, 6) is 0.156. The van der Waals surface area contributed by atoms with Crippen molar-refractivity contribution < 1.29 is 4.79 Å². The van der Waals surface area contributed by atoms with Crippen LogP contribution in [0.5, 0.6) is 0 Å². The van der Waals surface area contributed by atoms with Crippen LogP contribution in [0.25, 0.3) is 0 Å². The van der Waals surface area contributed by atoms with Crippen LogP contribution in [-0.2, 0) is 4.79 Å². The monoisotopic (exact) mass is 142 g/mol. The highest BCUT2D eigenvalue weighted by atomic mass is 16.1. The molecule has 0 unspecified atom stereocenters. The fourth-order valence-corrected chi connectivity index (χ4v) is 0.498. The quantitative estimate of drug-likeness (QED) is 0.572. The highest BCUT2D eigenvalue weighted by Crippen LogP contribution is 1.71. The van der Waals surface area contributed by atoms with Gasteiger partial charge in [-0.2, -0.15) is 0 Å². The molecule has 0 rings (SSSR count). The van der Waals surface area contributed by atoms with Gasteiger partial charge in [0.2, 0.25) is 0 Å². The van der Waals surface area contributed by atoms with Crippen molar-refractivity contribution in [2.45, 2.75) is 13.8 Å². The molecule has 10 heavy (non-hydrogen) atoms. The van der Waals surface area contributed by atoms with Gasteiger partial charge >= 0.3 is 0 Å². The molecule has 0 aliphatic rings. The molecule has 0 fully saturated rings. The number of nitrogens with zero attached hydrogens (tertiary/aromatic N) is 1. The van der Waals surface area contributed by atoms with Crippen LogP contribution in [0.1, 0.15) is 13.8 Å². The summed E-state index contributed by atoms with van der Waals surface area (Å²) in [6.07, 6.45) is 0. The van der Waals surface area contributed by atoms with E-state index in [1.54, 1.807) is 14.0 Å². The minimum Gasteiger partial charge on any atom is -0.305 e. The van der Waals surface area contributed by atoms with Crippen molar-refractivity contribution in [1.82, 2.24) is 5.32 Å². The number of ketones is 1. The molecule has 58 valence electrons. The van der Waals surface area contributed by atoms with Crippen molar-refractivity contribution >= 4 is 11.5 Å². The topological polar surface area (TPSA) is 41.5 Å². The third-order valence-corrected chi connectivity index (χ3v) is 1.14. The first-order valence-electron chi connectivity index (χ1n) is 3.29. The second-order valence-electron chi connectivity index (χ2n) is 2.26. The molecule has 0 amide bonds. The smallest absolute Gasteiger partial charge is 0.143 e. The number of aliphatic imine (C=N–C) groups is 1. The van der Waals surface area contributed by atoms with Crippen LogP contribution in [0.15, 0.2) is 4.99 Å². The van der Waals surface area contributed by atoms with Crippen molar-refractivity contribution in [1.29, 1.82) is 0 Å². The summed E-state index contributed by atoms with van der Waals surface area (Å²) in [4.78, 5) is 14.3. The maximum Gasteiger partial charge on any atom is 0.143 e. The highest BCUT2D eigenvalue weighted by Gasteiger charge is 1.91. The molecule has 0 aliphatic carbocycles. The van der Waals surface area contributed by atoms with Crippen LogP contribution < -0.4 is 5.32 Å². The molecule has 0 aromatic heterocycles. The maximum atomic E-state index is 10.4. The number of carbonyl (C=O) groups excluding carboxylic acids is 1. The van der Waals surface area contributed by atoms with Crippen molar-refractivity contribution in [2.24, 2.45) is 4.99 Å². The van der Waals surface area contributed by atoms with Gasteiger partial charge in [-0.15, -0.1) is 0 Å². The molecule has 0 aromatic carbocycles. The fourth-order valence-electron chi connectivity index (χ4n) is 0.498. The van der Waals surface area contributed by atoms with E-state index in [2.05, 4.69) is 10.3 Å². The van der Waals surface area contributed by atoms with E-state index in [4.69, 9.17) is 0 Å². The van der Waals surface area contributed by atoms with Crippen molar-refractivity contribution in [2.75, 3.05) is 20.1 Å². The Labute approximate surface area is 61.5 Å². The molecule has 0 atom stereocenters. The zero-order valence-electron chi connectivity index (χ0n) is 6.77. The number of nitrogens with one attached hydrogen (secondary N) is 1. The van der Waals surface area contributed by atoms with Gasteiger partial charge in [0.25, 0.3) is 0 Å². The van der Waals surface area contributed by atoms with Crippen molar-refractivity contribution in [3.8, 4) is 0 Å². The Morgan fingerprint density at radius 1 is 1.40 bits per heavy atom. The van der Waals surface area contributed by atoms with Gasteiger partial charge < -0.3 is 5.32 Å². The number of Topliss-reactive ketones (excluding diaryl/α,β-unsaturated/α-hetero) is 1. The van der Waals surface area contributed by atoms with E-state index in [0.29, 0.717) is 13.1 Å². The van der Waals surface area contributed by atoms with E-state index in [1.165, 1.54) is 0 Å². The minimum atomic E-state index is 0.156. The summed E-state index contributed by atoms with van der Waals surface area (Å²) >= 11 is 0. The Balaban J connectivity index is 3.29. The Morgan fingerprint density at radius 3 is 2.40 bits per heavy atom. The molecule has 0 radical (unpaired) electrons. The second kappa shape index (κ2) is 5.11. The van der Waals surface area contributed by atoms with E-state index in [9.17, 15) is 4.79 Å². The predicted octanol–water partition coefficient (Wildman–Crippen LogP) is 0.256. The van der Waals surface area contributed by atoms with Crippen LogP contribution in [-0.4, -0.2) is 31.6 Å². The third kappa shape index (κ3) is 5.44. The van der Waals surface area contributed by atoms with Crippen LogP contribution in [0, 0.1) is 0 Å². The largest absolute Gasteiger partial charge is 0.305 e.